The minimum absolute atomic E-state index is 0.0908. The summed E-state index contributed by atoms with van der Waals surface area (Å²) in [6, 6.07) is 0. The molecule has 9 nitrogen and oxygen atoms in total. The Morgan fingerprint density at radius 3 is 2.65 bits per heavy atom. The Morgan fingerprint density at radius 2 is 1.90 bits per heavy atom. The fourth-order valence-corrected chi connectivity index (χ4v) is 14.1. The van der Waals surface area contributed by atoms with Crippen LogP contribution in [0.1, 0.15) is 97.3 Å². The molecule has 6 fully saturated rings. The van der Waals surface area contributed by atoms with Gasteiger partial charge in [0.05, 0.1) is 22.7 Å². The minimum Gasteiger partial charge on any atom is -0.447 e. The Balaban J connectivity index is 1.25. The molecule has 0 aromatic carbocycles. The van der Waals surface area contributed by atoms with Crippen LogP contribution in [0.3, 0.4) is 0 Å². The third-order valence-corrected chi connectivity index (χ3v) is 16.0. The second-order valence-electron chi connectivity index (χ2n) is 17.7. The maximum atomic E-state index is 13.7. The molecule has 48 heavy (non-hydrogen) atoms. The molecule has 266 valence electrons. The van der Waals surface area contributed by atoms with Gasteiger partial charge in [0.25, 0.3) is 0 Å². The van der Waals surface area contributed by atoms with Crippen molar-refractivity contribution in [1.82, 2.24) is 5.32 Å². The molecule has 9 heteroatoms. The predicted octanol–water partition coefficient (Wildman–Crippen LogP) is 3.62. The molecule has 0 aromatic heterocycles. The second-order valence-corrected chi connectivity index (χ2v) is 17.7. The van der Waals surface area contributed by atoms with E-state index in [0.29, 0.717) is 76.9 Å². The molecule has 6 saturated carbocycles. The van der Waals surface area contributed by atoms with Crippen molar-refractivity contribution in [2.75, 3.05) is 26.8 Å². The quantitative estimate of drug-likeness (QED) is 0.113. The van der Waals surface area contributed by atoms with Crippen molar-refractivity contribution in [3.8, 4) is 0 Å². The lowest BCUT2D eigenvalue weighted by molar-refractivity contribution is -0.343. The molecular formula is C39H57NO8. The summed E-state index contributed by atoms with van der Waals surface area (Å²) in [4.78, 5) is 26.9. The van der Waals surface area contributed by atoms with Crippen molar-refractivity contribution in [3.05, 3.63) is 23.3 Å². The number of esters is 1. The van der Waals surface area contributed by atoms with Gasteiger partial charge in [0.2, 0.25) is 0 Å². The van der Waals surface area contributed by atoms with E-state index in [1.54, 1.807) is 13.2 Å². The first-order valence-corrected chi connectivity index (χ1v) is 19.0. The third kappa shape index (κ3) is 3.95. The highest BCUT2D eigenvalue weighted by atomic mass is 16.6. The largest absolute Gasteiger partial charge is 0.447 e. The van der Waals surface area contributed by atoms with Crippen LogP contribution in [0, 0.1) is 52.3 Å². The molecule has 0 radical (unpaired) electrons. The highest BCUT2D eigenvalue weighted by Crippen LogP contribution is 2.78. The predicted molar refractivity (Wildman–Crippen MR) is 177 cm³/mol. The fourth-order valence-electron chi connectivity index (χ4n) is 14.1. The number of methoxy groups -OCH3 is 1. The van der Waals surface area contributed by atoms with E-state index >= 15 is 0 Å². The lowest BCUT2D eigenvalue weighted by Crippen LogP contribution is -2.80. The molecule has 1 heterocycles. The molecule has 7 aliphatic carbocycles. The number of aliphatic hydroxyl groups excluding tert-OH is 1. The molecule has 0 saturated heterocycles. The van der Waals surface area contributed by atoms with Gasteiger partial charge >= 0.3 is 5.97 Å². The maximum absolute atomic E-state index is 13.7. The third-order valence-electron chi connectivity index (χ3n) is 16.0. The van der Waals surface area contributed by atoms with Gasteiger partial charge in [0.1, 0.15) is 11.9 Å². The Labute approximate surface area is 284 Å². The topological polar surface area (TPSA) is 146 Å². The average molecular weight is 668 g/mol. The highest BCUT2D eigenvalue weighted by Gasteiger charge is 2.83. The molecule has 0 amide bonds. The molecular weight excluding hydrogens is 610 g/mol. The molecule has 8 rings (SSSR count). The van der Waals surface area contributed by atoms with E-state index in [1.807, 2.05) is 0 Å². The zero-order valence-corrected chi connectivity index (χ0v) is 29.1. The molecule has 1 aliphatic heterocycles. The van der Waals surface area contributed by atoms with Gasteiger partial charge in [-0.25, -0.2) is 4.79 Å². The SMILES string of the molecule is COCCCNCC1=C[C@@H]2C[C@@]3(O)[C@]4(CCC[C@@]15OC(=O)C=C5[C@@H]24)CC[C@H]1[C@@]3(O)C[C@H]2C[C@H](C(C)C)CC[C@H]3[C@@H](O)CC[C@@]1(C=O)[C@]23O. The van der Waals surface area contributed by atoms with Gasteiger partial charge in [-0.2, -0.15) is 0 Å². The van der Waals surface area contributed by atoms with Gasteiger partial charge in [-0.3, -0.25) is 0 Å². The van der Waals surface area contributed by atoms with E-state index in [0.717, 1.165) is 43.2 Å². The Hall–Kier alpha value is -1.62. The van der Waals surface area contributed by atoms with Crippen LogP contribution in [-0.2, 0) is 19.1 Å². The van der Waals surface area contributed by atoms with Crippen LogP contribution in [0.15, 0.2) is 23.3 Å². The molecule has 5 N–H and O–H groups in total. The van der Waals surface area contributed by atoms with Crippen molar-refractivity contribution < 1.29 is 39.5 Å². The van der Waals surface area contributed by atoms with Crippen molar-refractivity contribution in [1.29, 1.82) is 0 Å². The monoisotopic (exact) mass is 667 g/mol. The van der Waals surface area contributed by atoms with Crippen LogP contribution >= 0.6 is 0 Å². The van der Waals surface area contributed by atoms with Gasteiger partial charge in [-0.05, 0) is 131 Å². The number of hydrogen-bond donors (Lipinski definition) is 5. The van der Waals surface area contributed by atoms with Gasteiger partial charge in [0.15, 0.2) is 5.60 Å². The van der Waals surface area contributed by atoms with Crippen molar-refractivity contribution >= 4 is 12.3 Å². The summed E-state index contributed by atoms with van der Waals surface area (Å²) < 4.78 is 11.5. The number of allylic oxidation sites excluding steroid dienone is 1. The van der Waals surface area contributed by atoms with Gasteiger partial charge < -0.3 is 40.0 Å². The number of aldehydes is 1. The standard InChI is InChI=1S/C39H57NO8/c1-23(2)24-6-7-28-30(42)8-12-35(22-41)31-9-13-34-10-4-11-36-27(21-40-14-5-15-47-3)17-25(33(34)29(36)18-32(43)48-36)19-38(34,45)37(31,44)20-26(16-24)39(28,35)46/h17-18,22-26,28,30-31,33,40,42,44-46H,4-16,19-21H2,1-3H3/t24-,25-,26-,28+,30+,31-,33-,34-,35+,36-,37+,38-,39+/m1/s1. The second kappa shape index (κ2) is 11.2. The number of ether oxygens (including phenoxy) is 2. The molecule has 0 unspecified atom stereocenters. The number of carbonyl (C=O) groups excluding carboxylic acids is 2. The van der Waals surface area contributed by atoms with Crippen molar-refractivity contribution in [3.63, 3.8) is 0 Å². The van der Waals surface area contributed by atoms with E-state index in [1.165, 1.54) is 0 Å². The van der Waals surface area contributed by atoms with E-state index in [2.05, 4.69) is 25.2 Å². The normalized spacial score (nSPS) is 51.8. The van der Waals surface area contributed by atoms with Crippen LogP contribution in [0.2, 0.25) is 0 Å². The summed E-state index contributed by atoms with van der Waals surface area (Å²) >= 11 is 0. The van der Waals surface area contributed by atoms with Gasteiger partial charge in [-0.15, -0.1) is 0 Å². The zero-order chi connectivity index (χ0) is 33.9. The van der Waals surface area contributed by atoms with Crippen molar-refractivity contribution in [2.24, 2.45) is 52.3 Å². The van der Waals surface area contributed by atoms with Crippen LogP contribution in [0.4, 0.5) is 0 Å². The summed E-state index contributed by atoms with van der Waals surface area (Å²) in [6.07, 6.45) is 11.8. The minimum atomic E-state index is -1.61. The van der Waals surface area contributed by atoms with Crippen LogP contribution in [0.5, 0.6) is 0 Å². The summed E-state index contributed by atoms with van der Waals surface area (Å²) in [5.41, 5.74) is -5.33. The van der Waals surface area contributed by atoms with Gasteiger partial charge in [-0.1, -0.05) is 19.9 Å². The number of rotatable bonds is 8. The Kier molecular flexibility index (Phi) is 7.81. The maximum Gasteiger partial charge on any atom is 0.332 e. The number of hydrogen-bond acceptors (Lipinski definition) is 9. The van der Waals surface area contributed by atoms with Gasteiger partial charge in [0, 0.05) is 43.6 Å². The van der Waals surface area contributed by atoms with Crippen LogP contribution < -0.4 is 5.32 Å². The van der Waals surface area contributed by atoms with E-state index in [-0.39, 0.29) is 30.1 Å². The molecule has 1 spiro atoms. The summed E-state index contributed by atoms with van der Waals surface area (Å²) in [7, 11) is 1.69. The van der Waals surface area contributed by atoms with E-state index < -0.39 is 57.1 Å². The molecule has 13 atom stereocenters. The summed E-state index contributed by atoms with van der Waals surface area (Å²) in [6.45, 7) is 6.39. The fraction of sp³-hybridized carbons (Fsp3) is 0.846. The molecule has 8 aliphatic rings. The smallest absolute Gasteiger partial charge is 0.332 e. The summed E-state index contributed by atoms with van der Waals surface area (Å²) in [5, 5.41) is 55.2. The first-order valence-electron chi connectivity index (χ1n) is 19.0. The van der Waals surface area contributed by atoms with E-state index in [4.69, 9.17) is 9.47 Å². The van der Waals surface area contributed by atoms with E-state index in [9.17, 15) is 30.0 Å². The van der Waals surface area contributed by atoms with Crippen LogP contribution in [-0.4, -0.2) is 88.0 Å². The number of carbonyl (C=O) groups is 2. The lowest BCUT2D eigenvalue weighted by Gasteiger charge is -2.71. The lowest BCUT2D eigenvalue weighted by atomic mass is 9.36. The number of nitrogens with one attached hydrogen (secondary N) is 1. The number of aliphatic hydroxyl groups is 4. The number of fused-ring (bicyclic) bond motifs is 3. The average Bonchev–Trinajstić information content (AvgIpc) is 3.41. The molecule has 0 aromatic rings. The van der Waals surface area contributed by atoms with Crippen LogP contribution in [0.25, 0.3) is 0 Å². The molecule has 2 bridgehead atoms. The Bertz CT molecular complexity index is 1410. The highest BCUT2D eigenvalue weighted by molar-refractivity contribution is 5.88. The van der Waals surface area contributed by atoms with Crippen molar-refractivity contribution in [2.45, 2.75) is 126 Å². The zero-order valence-electron chi connectivity index (χ0n) is 29.1. The Morgan fingerprint density at radius 1 is 1.08 bits per heavy atom. The first-order chi connectivity index (χ1) is 22.9. The first kappa shape index (κ1) is 33.5. The summed E-state index contributed by atoms with van der Waals surface area (Å²) in [5.74, 6) is -1.42.